The molecule has 2 atom stereocenters. The van der Waals surface area contributed by atoms with Gasteiger partial charge in [0.25, 0.3) is 0 Å². The van der Waals surface area contributed by atoms with E-state index >= 15 is 0 Å². The van der Waals surface area contributed by atoms with Gasteiger partial charge in [-0.1, -0.05) is 0 Å². The third-order valence-corrected chi connectivity index (χ3v) is 4.49. The van der Waals surface area contributed by atoms with E-state index in [0.717, 1.165) is 12.5 Å². The van der Waals surface area contributed by atoms with E-state index in [1.54, 1.807) is 0 Å². The summed E-state index contributed by atoms with van der Waals surface area (Å²) in [7, 11) is 0. The first kappa shape index (κ1) is 12.7. The number of hydrogen-bond acceptors (Lipinski definition) is 1. The number of H-pyrrole nitrogens is 1. The van der Waals surface area contributed by atoms with E-state index in [9.17, 15) is 18.0 Å². The maximum Gasteiger partial charge on any atom is 0.223 e. The molecule has 0 aliphatic carbocycles. The SMILES string of the molecule is O=C1CCCC2c3[nH]c4ccc(F)c(F)c4c3C(F)CN12. The topological polar surface area (TPSA) is 36.1 Å². The predicted octanol–water partition coefficient (Wildman–Crippen LogP) is 3.52. The van der Waals surface area contributed by atoms with Crippen molar-refractivity contribution in [2.45, 2.75) is 31.5 Å². The van der Waals surface area contributed by atoms with Gasteiger partial charge in [0, 0.05) is 28.6 Å². The first-order valence-corrected chi connectivity index (χ1v) is 7.01. The summed E-state index contributed by atoms with van der Waals surface area (Å²) in [6.45, 7) is -0.0839. The van der Waals surface area contributed by atoms with E-state index in [1.165, 1.54) is 11.0 Å². The average molecular weight is 294 g/mol. The zero-order chi connectivity index (χ0) is 14.7. The van der Waals surface area contributed by atoms with Crippen molar-refractivity contribution in [3.8, 4) is 0 Å². The van der Waals surface area contributed by atoms with Crippen molar-refractivity contribution >= 4 is 16.8 Å². The molecule has 4 rings (SSSR count). The fourth-order valence-corrected chi connectivity index (χ4v) is 3.57. The maximum absolute atomic E-state index is 14.5. The fourth-order valence-electron chi connectivity index (χ4n) is 3.57. The second-order valence-electron chi connectivity index (χ2n) is 5.66. The van der Waals surface area contributed by atoms with Crippen molar-refractivity contribution in [2.75, 3.05) is 6.54 Å². The lowest BCUT2D eigenvalue weighted by atomic mass is 9.89. The Hall–Kier alpha value is -1.98. The molecule has 1 saturated heterocycles. The van der Waals surface area contributed by atoms with Crippen molar-refractivity contribution in [1.82, 2.24) is 9.88 Å². The molecule has 1 aromatic carbocycles. The van der Waals surface area contributed by atoms with Gasteiger partial charge in [-0.3, -0.25) is 4.79 Å². The van der Waals surface area contributed by atoms with Gasteiger partial charge >= 0.3 is 0 Å². The van der Waals surface area contributed by atoms with E-state index in [1.807, 2.05) is 0 Å². The Labute approximate surface area is 118 Å². The molecule has 0 radical (unpaired) electrons. The zero-order valence-corrected chi connectivity index (χ0v) is 11.1. The number of aromatic amines is 1. The van der Waals surface area contributed by atoms with Gasteiger partial charge in [0.15, 0.2) is 11.6 Å². The number of nitrogens with one attached hydrogen (secondary N) is 1. The normalized spacial score (nSPS) is 25.1. The smallest absolute Gasteiger partial charge is 0.223 e. The lowest BCUT2D eigenvalue weighted by Crippen LogP contribution is -2.43. The zero-order valence-electron chi connectivity index (χ0n) is 11.1. The van der Waals surface area contributed by atoms with Crippen molar-refractivity contribution in [1.29, 1.82) is 0 Å². The van der Waals surface area contributed by atoms with Crippen LogP contribution in [-0.2, 0) is 4.79 Å². The summed E-state index contributed by atoms with van der Waals surface area (Å²) in [5.41, 5.74) is 1.07. The van der Waals surface area contributed by atoms with Crippen molar-refractivity contribution in [2.24, 2.45) is 0 Å². The molecule has 21 heavy (non-hydrogen) atoms. The summed E-state index contributed by atoms with van der Waals surface area (Å²) in [6, 6.07) is 2.17. The van der Waals surface area contributed by atoms with E-state index in [0.29, 0.717) is 24.1 Å². The Morgan fingerprint density at radius 3 is 2.90 bits per heavy atom. The number of hydrogen-bond donors (Lipinski definition) is 1. The molecular formula is C15H13F3N2O. The molecule has 2 aliphatic heterocycles. The molecule has 1 amide bonds. The van der Waals surface area contributed by atoms with E-state index in [2.05, 4.69) is 4.98 Å². The van der Waals surface area contributed by atoms with Gasteiger partial charge < -0.3 is 9.88 Å². The number of piperidine rings is 1. The Kier molecular flexibility index (Phi) is 2.58. The second-order valence-corrected chi connectivity index (χ2v) is 5.66. The molecule has 2 aromatic rings. The first-order valence-electron chi connectivity index (χ1n) is 7.01. The van der Waals surface area contributed by atoms with Crippen LogP contribution in [0.1, 0.15) is 42.7 Å². The van der Waals surface area contributed by atoms with E-state index in [4.69, 9.17) is 0 Å². The minimum Gasteiger partial charge on any atom is -0.356 e. The van der Waals surface area contributed by atoms with Crippen molar-refractivity contribution in [3.05, 3.63) is 35.0 Å². The minimum atomic E-state index is -1.50. The monoisotopic (exact) mass is 294 g/mol. The summed E-state index contributed by atoms with van der Waals surface area (Å²) in [6.07, 6.45) is 0.357. The maximum atomic E-state index is 14.5. The third-order valence-electron chi connectivity index (χ3n) is 4.49. The number of carbonyl (C=O) groups excluding carboxylic acids is 1. The summed E-state index contributed by atoms with van der Waals surface area (Å²) < 4.78 is 42.0. The lowest BCUT2D eigenvalue weighted by molar-refractivity contribution is -0.138. The highest BCUT2D eigenvalue weighted by Gasteiger charge is 2.41. The number of nitrogens with zero attached hydrogens (tertiary/aromatic N) is 1. The summed E-state index contributed by atoms with van der Waals surface area (Å²) >= 11 is 0. The van der Waals surface area contributed by atoms with Crippen LogP contribution >= 0.6 is 0 Å². The van der Waals surface area contributed by atoms with Gasteiger partial charge in [0.05, 0.1) is 12.6 Å². The minimum absolute atomic E-state index is 0.0184. The quantitative estimate of drug-likeness (QED) is 0.793. The summed E-state index contributed by atoms with van der Waals surface area (Å²) in [5.74, 6) is -2.09. The van der Waals surface area contributed by atoms with E-state index < -0.39 is 17.8 Å². The van der Waals surface area contributed by atoms with Crippen LogP contribution in [0, 0.1) is 11.6 Å². The summed E-state index contributed by atoms with van der Waals surface area (Å²) in [5, 5.41) is -0.0184. The molecule has 2 unspecified atom stereocenters. The molecule has 3 heterocycles. The number of benzene rings is 1. The third kappa shape index (κ3) is 1.65. The predicted molar refractivity (Wildman–Crippen MR) is 70.4 cm³/mol. The molecule has 110 valence electrons. The molecule has 0 bridgehead atoms. The average Bonchev–Trinajstić information content (AvgIpc) is 2.85. The van der Waals surface area contributed by atoms with Gasteiger partial charge in [-0.25, -0.2) is 13.2 Å². The van der Waals surface area contributed by atoms with Crippen LogP contribution in [0.3, 0.4) is 0 Å². The number of amides is 1. The van der Waals surface area contributed by atoms with Gasteiger partial charge in [-0.15, -0.1) is 0 Å². The molecule has 2 aliphatic rings. The second kappa shape index (κ2) is 4.26. The molecule has 1 aromatic heterocycles. The highest BCUT2D eigenvalue weighted by atomic mass is 19.2. The molecule has 1 fully saturated rings. The number of halogens is 3. The van der Waals surface area contributed by atoms with Crippen LogP contribution in [0.15, 0.2) is 12.1 Å². The Morgan fingerprint density at radius 2 is 2.10 bits per heavy atom. The van der Waals surface area contributed by atoms with Crippen LogP contribution in [0.2, 0.25) is 0 Å². The van der Waals surface area contributed by atoms with E-state index in [-0.39, 0.29) is 29.4 Å². The largest absolute Gasteiger partial charge is 0.356 e. The highest BCUT2D eigenvalue weighted by Crippen LogP contribution is 2.45. The molecule has 0 saturated carbocycles. The van der Waals surface area contributed by atoms with Gasteiger partial charge in [0.2, 0.25) is 5.91 Å². The van der Waals surface area contributed by atoms with Crippen molar-refractivity contribution < 1.29 is 18.0 Å². The van der Waals surface area contributed by atoms with Gasteiger partial charge in [-0.05, 0) is 25.0 Å². The number of carbonyl (C=O) groups is 1. The van der Waals surface area contributed by atoms with Crippen LogP contribution in [0.5, 0.6) is 0 Å². The van der Waals surface area contributed by atoms with Crippen molar-refractivity contribution in [3.63, 3.8) is 0 Å². The number of rotatable bonds is 0. The number of fused-ring (bicyclic) bond motifs is 5. The first-order chi connectivity index (χ1) is 10.1. The summed E-state index contributed by atoms with van der Waals surface area (Å²) in [4.78, 5) is 16.4. The van der Waals surface area contributed by atoms with Crippen LogP contribution in [0.4, 0.5) is 13.2 Å². The Balaban J connectivity index is 1.98. The highest BCUT2D eigenvalue weighted by molar-refractivity contribution is 5.87. The molecule has 1 N–H and O–H groups in total. The van der Waals surface area contributed by atoms with Gasteiger partial charge in [-0.2, -0.15) is 0 Å². The molecule has 6 heteroatoms. The fraction of sp³-hybridized carbons (Fsp3) is 0.400. The van der Waals surface area contributed by atoms with Crippen LogP contribution in [-0.4, -0.2) is 22.3 Å². The number of alkyl halides is 1. The molecule has 3 nitrogen and oxygen atoms in total. The molecule has 0 spiro atoms. The van der Waals surface area contributed by atoms with Crippen LogP contribution in [0.25, 0.3) is 10.9 Å². The van der Waals surface area contributed by atoms with Crippen LogP contribution < -0.4 is 0 Å². The standard InChI is InChI=1S/C15H13F3N2O/c16-7-4-5-9-13(14(7)18)12-8(17)6-20-10(15(12)19-9)2-1-3-11(20)21/h4-5,8,10,19H,1-3,6H2. The van der Waals surface area contributed by atoms with Gasteiger partial charge in [0.1, 0.15) is 6.17 Å². The number of aromatic nitrogens is 1. The Morgan fingerprint density at radius 1 is 1.29 bits per heavy atom. The lowest BCUT2D eigenvalue weighted by Gasteiger charge is -2.40. The Bertz CT molecular complexity index is 755. The molecular weight excluding hydrogens is 281 g/mol.